The molecule has 0 unspecified atom stereocenters. The summed E-state index contributed by atoms with van der Waals surface area (Å²) in [4.78, 5) is 12.5. The zero-order valence-electron chi connectivity index (χ0n) is 13.8. The lowest BCUT2D eigenvalue weighted by Gasteiger charge is -2.15. The van der Waals surface area contributed by atoms with Gasteiger partial charge in [-0.1, -0.05) is 28.1 Å². The molecule has 2 rings (SSSR count). The summed E-state index contributed by atoms with van der Waals surface area (Å²) in [5.74, 6) is 0.157. The van der Waals surface area contributed by atoms with Crippen LogP contribution in [0, 0.1) is 0 Å². The van der Waals surface area contributed by atoms with Crippen LogP contribution in [-0.2, 0) is 16.6 Å². The number of hydrogen-bond acceptors (Lipinski definition) is 4. The highest BCUT2D eigenvalue weighted by Gasteiger charge is 2.15. The first-order valence-corrected chi connectivity index (χ1v) is 9.87. The molecule has 3 N–H and O–H groups in total. The molecule has 8 heteroatoms. The Morgan fingerprint density at radius 1 is 1.24 bits per heavy atom. The van der Waals surface area contributed by atoms with Crippen LogP contribution in [0.5, 0.6) is 5.75 Å². The predicted octanol–water partition coefficient (Wildman–Crippen LogP) is 2.81. The van der Waals surface area contributed by atoms with E-state index in [-0.39, 0.29) is 23.5 Å². The fourth-order valence-electron chi connectivity index (χ4n) is 2.15. The molecule has 134 valence electrons. The van der Waals surface area contributed by atoms with Gasteiger partial charge in [-0.15, -0.1) is 0 Å². The molecule has 0 saturated heterocycles. The van der Waals surface area contributed by atoms with Gasteiger partial charge in [0.15, 0.2) is 0 Å². The van der Waals surface area contributed by atoms with E-state index in [0.717, 1.165) is 4.47 Å². The zero-order valence-corrected chi connectivity index (χ0v) is 16.2. The number of halogens is 1. The quantitative estimate of drug-likeness (QED) is 0.741. The number of benzene rings is 2. The molecule has 0 saturated carbocycles. The Bertz CT molecular complexity index is 882. The van der Waals surface area contributed by atoms with E-state index in [0.29, 0.717) is 16.9 Å². The molecule has 0 aliphatic heterocycles. The molecule has 0 bridgehead atoms. The molecule has 0 spiro atoms. The lowest BCUT2D eigenvalue weighted by molar-refractivity contribution is 0.0945. The fraction of sp³-hybridized carbons (Fsp3) is 0.235. The highest BCUT2D eigenvalue weighted by Crippen LogP contribution is 2.25. The number of hydrogen-bond donors (Lipinski definition) is 2. The normalized spacial score (nSPS) is 11.4. The van der Waals surface area contributed by atoms with Gasteiger partial charge in [-0.25, -0.2) is 13.6 Å². The van der Waals surface area contributed by atoms with Crippen LogP contribution in [-0.4, -0.2) is 20.4 Å². The lowest BCUT2D eigenvalue weighted by atomic mass is 10.1. The monoisotopic (exact) mass is 426 g/mol. The predicted molar refractivity (Wildman–Crippen MR) is 98.9 cm³/mol. The van der Waals surface area contributed by atoms with E-state index < -0.39 is 10.0 Å². The van der Waals surface area contributed by atoms with E-state index in [1.165, 1.54) is 12.1 Å². The van der Waals surface area contributed by atoms with Crippen molar-refractivity contribution < 1.29 is 17.9 Å². The van der Waals surface area contributed by atoms with Gasteiger partial charge in [0, 0.05) is 11.0 Å². The third-order valence-electron chi connectivity index (χ3n) is 3.23. The first-order chi connectivity index (χ1) is 11.7. The molecule has 0 radical (unpaired) electrons. The maximum absolute atomic E-state index is 12.5. The summed E-state index contributed by atoms with van der Waals surface area (Å²) in [5, 5.41) is 7.87. The smallest absolute Gasteiger partial charge is 0.255 e. The van der Waals surface area contributed by atoms with E-state index in [1.807, 2.05) is 13.8 Å². The van der Waals surface area contributed by atoms with Crippen molar-refractivity contribution in [1.82, 2.24) is 5.32 Å². The number of rotatable bonds is 6. The summed E-state index contributed by atoms with van der Waals surface area (Å²) in [6, 6.07) is 11.3. The molecule has 2 aromatic carbocycles. The maximum atomic E-state index is 12.5. The molecule has 2 aromatic rings. The molecule has 0 heterocycles. The average Bonchev–Trinajstić information content (AvgIpc) is 2.51. The third-order valence-corrected chi connectivity index (χ3v) is 4.64. The van der Waals surface area contributed by atoms with Crippen LogP contribution in [0.1, 0.15) is 29.8 Å². The number of carbonyl (C=O) groups excluding carboxylic acids is 1. The molecule has 6 nitrogen and oxygen atoms in total. The van der Waals surface area contributed by atoms with Crippen LogP contribution in [0.2, 0.25) is 0 Å². The van der Waals surface area contributed by atoms with Gasteiger partial charge in [0.2, 0.25) is 10.0 Å². The third kappa shape index (κ3) is 5.55. The number of amides is 1. The molecular formula is C17H19BrN2O4S. The second kappa shape index (κ2) is 7.99. The van der Waals surface area contributed by atoms with Gasteiger partial charge in [0.25, 0.3) is 5.91 Å². The number of carbonyl (C=O) groups is 1. The molecule has 0 atom stereocenters. The van der Waals surface area contributed by atoms with Crippen molar-refractivity contribution in [3.8, 4) is 5.75 Å². The van der Waals surface area contributed by atoms with Crippen LogP contribution >= 0.6 is 15.9 Å². The number of sulfonamides is 1. The summed E-state index contributed by atoms with van der Waals surface area (Å²) in [6.45, 7) is 3.92. The standard InChI is InChI=1S/C17H19BrN2O4S/c1-11(2)24-16-9-13(18)6-7-15(16)17(21)20-10-12-4-3-5-14(8-12)25(19,22)23/h3-9,11H,10H2,1-2H3,(H,20,21)(H2,19,22,23). The van der Waals surface area contributed by atoms with Crippen LogP contribution in [0.25, 0.3) is 0 Å². The summed E-state index contributed by atoms with van der Waals surface area (Å²) in [5.41, 5.74) is 1.03. The van der Waals surface area contributed by atoms with Crippen LogP contribution in [0.3, 0.4) is 0 Å². The van der Waals surface area contributed by atoms with Gasteiger partial charge < -0.3 is 10.1 Å². The Morgan fingerprint density at radius 3 is 2.60 bits per heavy atom. The van der Waals surface area contributed by atoms with Crippen molar-refractivity contribution in [3.05, 3.63) is 58.1 Å². The zero-order chi connectivity index (χ0) is 18.6. The van der Waals surface area contributed by atoms with Gasteiger partial charge in [0.1, 0.15) is 5.75 Å². The molecule has 25 heavy (non-hydrogen) atoms. The van der Waals surface area contributed by atoms with Crippen molar-refractivity contribution >= 4 is 31.9 Å². The van der Waals surface area contributed by atoms with Gasteiger partial charge in [-0.2, -0.15) is 0 Å². The largest absolute Gasteiger partial charge is 0.490 e. The highest BCUT2D eigenvalue weighted by atomic mass is 79.9. The second-order valence-corrected chi connectivity index (χ2v) is 8.16. The topological polar surface area (TPSA) is 98.5 Å². The molecule has 0 aromatic heterocycles. The Kier molecular flexibility index (Phi) is 6.21. The molecule has 0 fully saturated rings. The van der Waals surface area contributed by atoms with Crippen molar-refractivity contribution in [2.75, 3.05) is 0 Å². The molecule has 1 amide bonds. The number of primary sulfonamides is 1. The highest BCUT2D eigenvalue weighted by molar-refractivity contribution is 9.10. The fourth-order valence-corrected chi connectivity index (χ4v) is 3.07. The summed E-state index contributed by atoms with van der Waals surface area (Å²) in [7, 11) is -3.78. The molecule has 0 aliphatic rings. The van der Waals surface area contributed by atoms with Crippen LogP contribution in [0.4, 0.5) is 0 Å². The average molecular weight is 427 g/mol. The second-order valence-electron chi connectivity index (χ2n) is 5.68. The summed E-state index contributed by atoms with van der Waals surface area (Å²) < 4.78 is 29.3. The molecule has 0 aliphatic carbocycles. The van der Waals surface area contributed by atoms with Crippen molar-refractivity contribution in [2.24, 2.45) is 5.14 Å². The first kappa shape index (κ1) is 19.4. The minimum Gasteiger partial charge on any atom is -0.490 e. The Balaban J connectivity index is 2.16. The van der Waals surface area contributed by atoms with E-state index in [2.05, 4.69) is 21.2 Å². The summed E-state index contributed by atoms with van der Waals surface area (Å²) >= 11 is 3.36. The van der Waals surface area contributed by atoms with Gasteiger partial charge in [-0.05, 0) is 49.7 Å². The first-order valence-electron chi connectivity index (χ1n) is 7.53. The number of nitrogens with two attached hydrogens (primary N) is 1. The van der Waals surface area contributed by atoms with Crippen molar-refractivity contribution in [1.29, 1.82) is 0 Å². The Labute approximate surface area is 155 Å². The number of nitrogens with one attached hydrogen (secondary N) is 1. The van der Waals surface area contributed by atoms with Crippen molar-refractivity contribution in [2.45, 2.75) is 31.4 Å². The molecular weight excluding hydrogens is 408 g/mol. The maximum Gasteiger partial charge on any atom is 0.255 e. The minimum absolute atomic E-state index is 0.00622. The van der Waals surface area contributed by atoms with E-state index in [1.54, 1.807) is 30.3 Å². The SMILES string of the molecule is CC(C)Oc1cc(Br)ccc1C(=O)NCc1cccc(S(N)(=O)=O)c1. The number of ether oxygens (including phenoxy) is 1. The van der Waals surface area contributed by atoms with Crippen molar-refractivity contribution in [3.63, 3.8) is 0 Å². The lowest BCUT2D eigenvalue weighted by Crippen LogP contribution is -2.24. The van der Waals surface area contributed by atoms with Gasteiger partial charge >= 0.3 is 0 Å². The minimum atomic E-state index is -3.78. The van der Waals surface area contributed by atoms with E-state index in [4.69, 9.17) is 9.88 Å². The van der Waals surface area contributed by atoms with E-state index in [9.17, 15) is 13.2 Å². The van der Waals surface area contributed by atoms with Crippen LogP contribution < -0.4 is 15.2 Å². The Hall–Kier alpha value is -1.90. The van der Waals surface area contributed by atoms with E-state index >= 15 is 0 Å². The Morgan fingerprint density at radius 2 is 1.96 bits per heavy atom. The van der Waals surface area contributed by atoms with Gasteiger partial charge in [-0.3, -0.25) is 4.79 Å². The van der Waals surface area contributed by atoms with Gasteiger partial charge in [0.05, 0.1) is 16.6 Å². The van der Waals surface area contributed by atoms with Crippen LogP contribution in [0.15, 0.2) is 51.8 Å². The summed E-state index contributed by atoms with van der Waals surface area (Å²) in [6.07, 6.45) is -0.0766.